The number of piperidine rings is 1. The van der Waals surface area contributed by atoms with Crippen molar-refractivity contribution >= 4 is 5.91 Å². The monoisotopic (exact) mass is 268 g/mol. The highest BCUT2D eigenvalue weighted by Gasteiger charge is 2.26. The first-order chi connectivity index (χ1) is 9.19. The first-order valence-corrected chi connectivity index (χ1v) is 7.87. The number of likely N-dealkylation sites (tertiary alicyclic amines) is 1. The lowest BCUT2D eigenvalue weighted by Gasteiger charge is -2.33. The molecule has 1 saturated carbocycles. The molecule has 0 aromatic heterocycles. The third kappa shape index (κ3) is 4.46. The van der Waals surface area contributed by atoms with Crippen LogP contribution < -0.4 is 5.32 Å². The van der Waals surface area contributed by atoms with Gasteiger partial charge >= 0.3 is 0 Å². The molecule has 0 bridgehead atoms. The molecule has 1 aliphatic carbocycles. The summed E-state index contributed by atoms with van der Waals surface area (Å²) in [7, 11) is 0. The van der Waals surface area contributed by atoms with Gasteiger partial charge in [-0.25, -0.2) is 0 Å². The third-order valence-corrected chi connectivity index (χ3v) is 4.69. The van der Waals surface area contributed by atoms with E-state index in [0.29, 0.717) is 11.8 Å². The molecule has 0 aromatic rings. The van der Waals surface area contributed by atoms with Crippen LogP contribution in [0.1, 0.15) is 45.4 Å². The maximum atomic E-state index is 11.8. The van der Waals surface area contributed by atoms with Crippen molar-refractivity contribution in [2.45, 2.75) is 51.6 Å². The van der Waals surface area contributed by atoms with E-state index in [1.54, 1.807) is 0 Å². The van der Waals surface area contributed by atoms with Crippen LogP contribution in [0.25, 0.3) is 0 Å². The Bertz CT molecular complexity index is 284. The highest BCUT2D eigenvalue weighted by atomic mass is 16.3. The van der Waals surface area contributed by atoms with Gasteiger partial charge < -0.3 is 15.3 Å². The molecule has 4 nitrogen and oxygen atoms in total. The standard InChI is InChI=1S/C15H28N2O2/c1-2-14(18)11-17-8-6-12(7-9-17)10-16-15(19)13-4-3-5-13/h12-14,18H,2-11H2,1H3,(H,16,19). The summed E-state index contributed by atoms with van der Waals surface area (Å²) in [5.41, 5.74) is 0. The molecule has 1 saturated heterocycles. The zero-order valence-electron chi connectivity index (χ0n) is 12.1. The van der Waals surface area contributed by atoms with Crippen molar-refractivity contribution in [3.63, 3.8) is 0 Å². The molecule has 19 heavy (non-hydrogen) atoms. The highest BCUT2D eigenvalue weighted by Crippen LogP contribution is 2.26. The molecule has 4 heteroatoms. The minimum atomic E-state index is -0.185. The molecule has 0 aromatic carbocycles. The second-order valence-corrected chi connectivity index (χ2v) is 6.18. The predicted octanol–water partition coefficient (Wildman–Crippen LogP) is 1.39. The van der Waals surface area contributed by atoms with Gasteiger partial charge in [-0.15, -0.1) is 0 Å². The molecule has 2 N–H and O–H groups in total. The third-order valence-electron chi connectivity index (χ3n) is 4.69. The van der Waals surface area contributed by atoms with E-state index in [9.17, 15) is 9.90 Å². The second kappa shape index (κ2) is 7.25. The first kappa shape index (κ1) is 14.8. The normalized spacial score (nSPS) is 23.9. The van der Waals surface area contributed by atoms with Crippen LogP contribution in [0.15, 0.2) is 0 Å². The Kier molecular flexibility index (Phi) is 5.64. The Morgan fingerprint density at radius 2 is 2.00 bits per heavy atom. The van der Waals surface area contributed by atoms with Crippen molar-refractivity contribution in [1.82, 2.24) is 10.2 Å². The lowest BCUT2D eigenvalue weighted by Crippen LogP contribution is -2.43. The summed E-state index contributed by atoms with van der Waals surface area (Å²) in [5.74, 6) is 1.20. The Morgan fingerprint density at radius 3 is 2.53 bits per heavy atom. The molecule has 1 aliphatic heterocycles. The number of aliphatic hydroxyl groups excluding tert-OH is 1. The van der Waals surface area contributed by atoms with E-state index in [1.165, 1.54) is 6.42 Å². The molecule has 2 aliphatic rings. The number of hydrogen-bond donors (Lipinski definition) is 2. The van der Waals surface area contributed by atoms with Crippen LogP contribution in [0.3, 0.4) is 0 Å². The maximum absolute atomic E-state index is 11.8. The lowest BCUT2D eigenvalue weighted by molar-refractivity contribution is -0.127. The van der Waals surface area contributed by atoms with Crippen LogP contribution in [0, 0.1) is 11.8 Å². The lowest BCUT2D eigenvalue weighted by atomic mass is 9.84. The number of nitrogens with one attached hydrogen (secondary N) is 1. The molecule has 0 radical (unpaired) electrons. The summed E-state index contributed by atoms with van der Waals surface area (Å²) in [4.78, 5) is 14.1. The summed E-state index contributed by atoms with van der Waals surface area (Å²) < 4.78 is 0. The van der Waals surface area contributed by atoms with Crippen molar-refractivity contribution in [2.24, 2.45) is 11.8 Å². The largest absolute Gasteiger partial charge is 0.392 e. The van der Waals surface area contributed by atoms with Crippen LogP contribution in [-0.4, -0.2) is 48.2 Å². The Labute approximate surface area is 116 Å². The summed E-state index contributed by atoms with van der Waals surface area (Å²) in [6, 6.07) is 0. The van der Waals surface area contributed by atoms with Gasteiger partial charge in [0.1, 0.15) is 0 Å². The van der Waals surface area contributed by atoms with Crippen molar-refractivity contribution in [2.75, 3.05) is 26.2 Å². The van der Waals surface area contributed by atoms with Crippen molar-refractivity contribution in [3.05, 3.63) is 0 Å². The molecule has 0 spiro atoms. The molecule has 1 amide bonds. The van der Waals surface area contributed by atoms with Gasteiger partial charge in [-0.05, 0) is 51.1 Å². The Hall–Kier alpha value is -0.610. The molecule has 2 fully saturated rings. The highest BCUT2D eigenvalue weighted by molar-refractivity contribution is 5.79. The number of hydrogen-bond acceptors (Lipinski definition) is 3. The van der Waals surface area contributed by atoms with Gasteiger partial charge in [0.05, 0.1) is 6.10 Å². The summed E-state index contributed by atoms with van der Waals surface area (Å²) >= 11 is 0. The van der Waals surface area contributed by atoms with Gasteiger partial charge in [0.15, 0.2) is 0 Å². The first-order valence-electron chi connectivity index (χ1n) is 7.87. The molecular formula is C15H28N2O2. The Morgan fingerprint density at radius 1 is 1.32 bits per heavy atom. The smallest absolute Gasteiger partial charge is 0.223 e. The average molecular weight is 268 g/mol. The molecule has 1 atom stereocenters. The van der Waals surface area contributed by atoms with Crippen LogP contribution in [0.2, 0.25) is 0 Å². The zero-order valence-corrected chi connectivity index (χ0v) is 12.1. The topological polar surface area (TPSA) is 52.6 Å². The van der Waals surface area contributed by atoms with Gasteiger partial charge in [-0.1, -0.05) is 13.3 Å². The van der Waals surface area contributed by atoms with Gasteiger partial charge in [0, 0.05) is 19.0 Å². The predicted molar refractivity (Wildman–Crippen MR) is 75.8 cm³/mol. The zero-order chi connectivity index (χ0) is 13.7. The number of aliphatic hydroxyl groups is 1. The van der Waals surface area contributed by atoms with Crippen molar-refractivity contribution in [3.8, 4) is 0 Å². The van der Waals surface area contributed by atoms with E-state index in [-0.39, 0.29) is 12.0 Å². The quantitative estimate of drug-likeness (QED) is 0.765. The fourth-order valence-corrected chi connectivity index (χ4v) is 2.86. The molecule has 110 valence electrons. The minimum Gasteiger partial charge on any atom is -0.392 e. The summed E-state index contributed by atoms with van der Waals surface area (Å²) in [6.45, 7) is 5.78. The fraction of sp³-hybridized carbons (Fsp3) is 0.933. The van der Waals surface area contributed by atoms with Gasteiger partial charge in [-0.3, -0.25) is 4.79 Å². The number of β-amino-alcohol motifs (C(OH)–C–C–N with tert-alkyl or cyclic N) is 1. The Balaban J connectivity index is 1.59. The van der Waals surface area contributed by atoms with E-state index in [0.717, 1.165) is 58.3 Å². The van der Waals surface area contributed by atoms with E-state index in [2.05, 4.69) is 10.2 Å². The van der Waals surface area contributed by atoms with E-state index in [1.807, 2.05) is 6.92 Å². The molecular weight excluding hydrogens is 240 g/mol. The SMILES string of the molecule is CCC(O)CN1CCC(CNC(=O)C2CCC2)CC1. The number of amides is 1. The second-order valence-electron chi connectivity index (χ2n) is 6.18. The van der Waals surface area contributed by atoms with Crippen LogP contribution in [0.4, 0.5) is 0 Å². The molecule has 1 unspecified atom stereocenters. The van der Waals surface area contributed by atoms with Crippen LogP contribution >= 0.6 is 0 Å². The molecule has 2 rings (SSSR count). The van der Waals surface area contributed by atoms with Crippen molar-refractivity contribution in [1.29, 1.82) is 0 Å². The van der Waals surface area contributed by atoms with E-state index in [4.69, 9.17) is 0 Å². The molecule has 1 heterocycles. The maximum Gasteiger partial charge on any atom is 0.223 e. The number of nitrogens with zero attached hydrogens (tertiary/aromatic N) is 1. The van der Waals surface area contributed by atoms with E-state index >= 15 is 0 Å². The van der Waals surface area contributed by atoms with Crippen molar-refractivity contribution < 1.29 is 9.90 Å². The summed E-state index contributed by atoms with van der Waals surface area (Å²) in [5, 5.41) is 12.8. The minimum absolute atomic E-state index is 0.185. The van der Waals surface area contributed by atoms with Gasteiger partial charge in [0.2, 0.25) is 5.91 Å². The summed E-state index contributed by atoms with van der Waals surface area (Å²) in [6.07, 6.45) is 6.31. The van der Waals surface area contributed by atoms with Crippen LogP contribution in [0.5, 0.6) is 0 Å². The number of carbonyl (C=O) groups excluding carboxylic acids is 1. The van der Waals surface area contributed by atoms with Crippen LogP contribution in [-0.2, 0) is 4.79 Å². The number of rotatable bonds is 6. The van der Waals surface area contributed by atoms with Gasteiger partial charge in [0.25, 0.3) is 0 Å². The van der Waals surface area contributed by atoms with Gasteiger partial charge in [-0.2, -0.15) is 0 Å². The number of carbonyl (C=O) groups is 1. The van der Waals surface area contributed by atoms with E-state index < -0.39 is 0 Å². The fourth-order valence-electron chi connectivity index (χ4n) is 2.86. The average Bonchev–Trinajstić information content (AvgIpc) is 2.36.